The Kier molecular flexibility index (Phi) is 6.87. The van der Waals surface area contributed by atoms with Gasteiger partial charge in [-0.2, -0.15) is 0 Å². The molecule has 1 fully saturated rings. The molecule has 1 aliphatic rings. The second-order valence-electron chi connectivity index (χ2n) is 6.35. The number of nitrogens with zero attached hydrogens (tertiary/aromatic N) is 1. The van der Waals surface area contributed by atoms with Crippen molar-refractivity contribution in [3.8, 4) is 0 Å². The van der Waals surface area contributed by atoms with Gasteiger partial charge in [-0.1, -0.05) is 19.8 Å². The fraction of sp³-hybridized carbons (Fsp3) is 0.667. The van der Waals surface area contributed by atoms with Crippen molar-refractivity contribution < 1.29 is 0 Å². The monoisotopic (exact) mass is 289 g/mol. The van der Waals surface area contributed by atoms with E-state index in [2.05, 4.69) is 41.4 Å². The molecule has 0 radical (unpaired) electrons. The molecule has 0 aromatic heterocycles. The molecule has 3 N–H and O–H groups in total. The molecule has 0 amide bonds. The summed E-state index contributed by atoms with van der Waals surface area (Å²) in [5.41, 5.74) is 8.11. The van der Waals surface area contributed by atoms with Crippen molar-refractivity contribution in [2.45, 2.75) is 45.4 Å². The molecule has 0 spiro atoms. The molecular formula is C18H31N3. The van der Waals surface area contributed by atoms with Crippen molar-refractivity contribution in [3.05, 3.63) is 24.3 Å². The molecule has 0 saturated carbocycles. The Morgan fingerprint density at radius 3 is 2.38 bits per heavy atom. The van der Waals surface area contributed by atoms with Crippen LogP contribution in [0.4, 0.5) is 11.4 Å². The van der Waals surface area contributed by atoms with E-state index in [1.807, 2.05) is 0 Å². The Hall–Kier alpha value is -1.22. The average Bonchev–Trinajstić information content (AvgIpc) is 2.52. The first-order chi connectivity index (χ1) is 10.3. The maximum absolute atomic E-state index is 5.50. The topological polar surface area (TPSA) is 41.3 Å². The van der Waals surface area contributed by atoms with E-state index in [9.17, 15) is 0 Å². The van der Waals surface area contributed by atoms with Gasteiger partial charge in [0.05, 0.1) is 0 Å². The van der Waals surface area contributed by atoms with Gasteiger partial charge in [0.2, 0.25) is 0 Å². The molecule has 0 bridgehead atoms. The minimum Gasteiger partial charge on any atom is -0.385 e. The van der Waals surface area contributed by atoms with Crippen LogP contribution in [0, 0.1) is 5.92 Å². The fourth-order valence-electron chi connectivity index (χ4n) is 2.91. The third-order valence-corrected chi connectivity index (χ3v) is 4.48. The molecule has 1 heterocycles. The van der Waals surface area contributed by atoms with Gasteiger partial charge in [0, 0.05) is 31.0 Å². The Balaban J connectivity index is 1.69. The zero-order valence-electron chi connectivity index (χ0n) is 13.5. The number of rotatable bonds is 8. The number of benzene rings is 1. The minimum absolute atomic E-state index is 0.824. The summed E-state index contributed by atoms with van der Waals surface area (Å²) in [6.07, 6.45) is 7.55. The predicted octanol–water partition coefficient (Wildman–Crippen LogP) is 3.85. The summed E-state index contributed by atoms with van der Waals surface area (Å²) in [6.45, 7) is 6.65. The molecule has 1 saturated heterocycles. The van der Waals surface area contributed by atoms with Crippen molar-refractivity contribution >= 4 is 11.4 Å². The SMILES string of the molecule is CC1CCN(c2ccc(NCCCCCCN)cc2)CC1. The lowest BCUT2D eigenvalue weighted by molar-refractivity contribution is 0.438. The molecule has 3 nitrogen and oxygen atoms in total. The lowest BCUT2D eigenvalue weighted by Gasteiger charge is -2.32. The van der Waals surface area contributed by atoms with Crippen LogP contribution < -0.4 is 16.0 Å². The number of hydrogen-bond donors (Lipinski definition) is 2. The Morgan fingerprint density at radius 1 is 1.05 bits per heavy atom. The molecule has 21 heavy (non-hydrogen) atoms. The van der Waals surface area contributed by atoms with E-state index in [0.29, 0.717) is 0 Å². The van der Waals surface area contributed by atoms with Crippen molar-refractivity contribution in [2.24, 2.45) is 11.7 Å². The van der Waals surface area contributed by atoms with Crippen LogP contribution >= 0.6 is 0 Å². The molecule has 0 aliphatic carbocycles. The van der Waals surface area contributed by atoms with Gasteiger partial charge < -0.3 is 16.0 Å². The second kappa shape index (κ2) is 8.93. The summed E-state index contributed by atoms with van der Waals surface area (Å²) in [5.74, 6) is 0.890. The van der Waals surface area contributed by atoms with E-state index >= 15 is 0 Å². The van der Waals surface area contributed by atoms with Crippen LogP contribution in [0.5, 0.6) is 0 Å². The number of nitrogens with two attached hydrogens (primary N) is 1. The summed E-state index contributed by atoms with van der Waals surface area (Å²) in [7, 11) is 0. The Morgan fingerprint density at radius 2 is 1.71 bits per heavy atom. The van der Waals surface area contributed by atoms with Crippen LogP contribution in [0.15, 0.2) is 24.3 Å². The maximum atomic E-state index is 5.50. The van der Waals surface area contributed by atoms with E-state index in [1.165, 1.54) is 56.6 Å². The number of unbranched alkanes of at least 4 members (excludes halogenated alkanes) is 3. The molecule has 1 aliphatic heterocycles. The molecule has 118 valence electrons. The van der Waals surface area contributed by atoms with Gasteiger partial charge in [0.25, 0.3) is 0 Å². The van der Waals surface area contributed by atoms with Gasteiger partial charge in [0.1, 0.15) is 0 Å². The molecular weight excluding hydrogens is 258 g/mol. The Bertz CT molecular complexity index is 380. The van der Waals surface area contributed by atoms with Crippen LogP contribution in [-0.2, 0) is 0 Å². The highest BCUT2D eigenvalue weighted by molar-refractivity contribution is 5.55. The lowest BCUT2D eigenvalue weighted by atomic mass is 9.99. The fourth-order valence-corrected chi connectivity index (χ4v) is 2.91. The van der Waals surface area contributed by atoms with Gasteiger partial charge in [-0.05, 0) is 62.4 Å². The first-order valence-corrected chi connectivity index (χ1v) is 8.58. The normalized spacial score (nSPS) is 16.2. The summed E-state index contributed by atoms with van der Waals surface area (Å²) in [5, 5.41) is 3.51. The molecule has 1 aromatic carbocycles. The second-order valence-corrected chi connectivity index (χ2v) is 6.35. The average molecular weight is 289 g/mol. The summed E-state index contributed by atoms with van der Waals surface area (Å²) in [4.78, 5) is 2.51. The van der Waals surface area contributed by atoms with Gasteiger partial charge in [-0.25, -0.2) is 0 Å². The summed E-state index contributed by atoms with van der Waals surface area (Å²) in [6, 6.07) is 8.94. The number of nitrogens with one attached hydrogen (secondary N) is 1. The van der Waals surface area contributed by atoms with E-state index in [-0.39, 0.29) is 0 Å². The number of anilines is 2. The molecule has 2 rings (SSSR count). The van der Waals surface area contributed by atoms with Crippen molar-refractivity contribution in [1.29, 1.82) is 0 Å². The van der Waals surface area contributed by atoms with Crippen molar-refractivity contribution in [2.75, 3.05) is 36.4 Å². The highest BCUT2D eigenvalue weighted by atomic mass is 15.1. The van der Waals surface area contributed by atoms with Crippen molar-refractivity contribution in [1.82, 2.24) is 0 Å². The Labute approximate surface area is 129 Å². The van der Waals surface area contributed by atoms with E-state index in [4.69, 9.17) is 5.73 Å². The number of hydrogen-bond acceptors (Lipinski definition) is 3. The highest BCUT2D eigenvalue weighted by Crippen LogP contribution is 2.24. The largest absolute Gasteiger partial charge is 0.385 e. The first kappa shape index (κ1) is 16.2. The smallest absolute Gasteiger partial charge is 0.0367 e. The summed E-state index contributed by atoms with van der Waals surface area (Å²) < 4.78 is 0. The summed E-state index contributed by atoms with van der Waals surface area (Å²) >= 11 is 0. The maximum Gasteiger partial charge on any atom is 0.0367 e. The lowest BCUT2D eigenvalue weighted by Crippen LogP contribution is -2.32. The van der Waals surface area contributed by atoms with Crippen LogP contribution in [0.25, 0.3) is 0 Å². The van der Waals surface area contributed by atoms with Crippen molar-refractivity contribution in [3.63, 3.8) is 0 Å². The van der Waals surface area contributed by atoms with Gasteiger partial charge in [-0.15, -0.1) is 0 Å². The van der Waals surface area contributed by atoms with Crippen LogP contribution in [0.2, 0.25) is 0 Å². The van der Waals surface area contributed by atoms with E-state index < -0.39 is 0 Å². The van der Waals surface area contributed by atoms with E-state index in [0.717, 1.165) is 25.4 Å². The highest BCUT2D eigenvalue weighted by Gasteiger charge is 2.15. The quantitative estimate of drug-likeness (QED) is 0.714. The van der Waals surface area contributed by atoms with Crippen LogP contribution in [0.3, 0.4) is 0 Å². The van der Waals surface area contributed by atoms with Gasteiger partial charge in [-0.3, -0.25) is 0 Å². The van der Waals surface area contributed by atoms with Crippen LogP contribution in [-0.4, -0.2) is 26.2 Å². The third-order valence-electron chi connectivity index (χ3n) is 4.48. The third kappa shape index (κ3) is 5.58. The zero-order valence-corrected chi connectivity index (χ0v) is 13.5. The first-order valence-electron chi connectivity index (χ1n) is 8.58. The standard InChI is InChI=1S/C18H31N3/c1-16-10-14-21(15-11-16)18-8-6-17(7-9-18)20-13-5-3-2-4-12-19/h6-9,16,20H,2-5,10-15,19H2,1H3. The predicted molar refractivity (Wildman–Crippen MR) is 93.1 cm³/mol. The molecule has 3 heteroatoms. The van der Waals surface area contributed by atoms with E-state index in [1.54, 1.807) is 0 Å². The van der Waals surface area contributed by atoms with Gasteiger partial charge in [0.15, 0.2) is 0 Å². The molecule has 0 unspecified atom stereocenters. The van der Waals surface area contributed by atoms with Crippen LogP contribution in [0.1, 0.15) is 45.4 Å². The zero-order chi connectivity index (χ0) is 14.9. The van der Waals surface area contributed by atoms with Gasteiger partial charge >= 0.3 is 0 Å². The minimum atomic E-state index is 0.824. The molecule has 0 atom stereocenters. The number of piperidine rings is 1. The molecule has 1 aromatic rings.